The molecule has 0 spiro atoms. The van der Waals surface area contributed by atoms with Crippen molar-refractivity contribution in [2.75, 3.05) is 12.0 Å². The molecule has 1 aliphatic rings. The number of benzene rings is 3. The number of nitrogens with one attached hydrogen (secondary N) is 1. The molecular formula is C23H20ClN3O2. The van der Waals surface area contributed by atoms with Gasteiger partial charge in [-0.15, -0.1) is 0 Å². The number of hydrogen-bond donors (Lipinski definition) is 1. The van der Waals surface area contributed by atoms with Crippen LogP contribution in [0.25, 0.3) is 0 Å². The Morgan fingerprint density at radius 2 is 1.76 bits per heavy atom. The third-order valence-electron chi connectivity index (χ3n) is 4.88. The number of fused-ring (bicyclic) bond motifs is 1. The second-order valence-electron chi connectivity index (χ2n) is 6.79. The van der Waals surface area contributed by atoms with Crippen molar-refractivity contribution in [2.45, 2.75) is 13.1 Å². The van der Waals surface area contributed by atoms with Crippen LogP contribution in [0.4, 0.5) is 5.69 Å². The quantitative estimate of drug-likeness (QED) is 0.497. The zero-order valence-electron chi connectivity index (χ0n) is 15.9. The van der Waals surface area contributed by atoms with Crippen molar-refractivity contribution in [3.63, 3.8) is 0 Å². The van der Waals surface area contributed by atoms with E-state index >= 15 is 0 Å². The molecule has 0 atom stereocenters. The minimum Gasteiger partial charge on any atom is -0.497 e. The van der Waals surface area contributed by atoms with Gasteiger partial charge < -0.3 is 9.64 Å². The minimum absolute atomic E-state index is 0.234. The van der Waals surface area contributed by atoms with Gasteiger partial charge in [0.2, 0.25) is 0 Å². The average molecular weight is 406 g/mol. The van der Waals surface area contributed by atoms with Crippen LogP contribution in [-0.2, 0) is 13.1 Å². The predicted molar refractivity (Wildman–Crippen MR) is 116 cm³/mol. The molecule has 0 aromatic heterocycles. The van der Waals surface area contributed by atoms with Gasteiger partial charge in [-0.05, 0) is 77.4 Å². The van der Waals surface area contributed by atoms with E-state index in [0.717, 1.165) is 40.7 Å². The van der Waals surface area contributed by atoms with E-state index < -0.39 is 0 Å². The fourth-order valence-corrected chi connectivity index (χ4v) is 3.42. The molecule has 1 amide bonds. The number of anilines is 1. The molecule has 0 saturated carbocycles. The summed E-state index contributed by atoms with van der Waals surface area (Å²) in [7, 11) is 1.62. The van der Waals surface area contributed by atoms with Crippen molar-refractivity contribution in [1.82, 2.24) is 5.43 Å². The zero-order valence-corrected chi connectivity index (χ0v) is 16.7. The molecule has 0 saturated heterocycles. The molecule has 1 aliphatic heterocycles. The molecule has 29 heavy (non-hydrogen) atoms. The molecular weight excluding hydrogens is 386 g/mol. The highest BCUT2D eigenvalue weighted by Crippen LogP contribution is 2.29. The van der Waals surface area contributed by atoms with E-state index in [1.807, 2.05) is 66.7 Å². The van der Waals surface area contributed by atoms with Crippen molar-refractivity contribution in [3.8, 4) is 5.75 Å². The standard InChI is InChI=1S/C23H20ClN3O2/c1-29-22-10-2-16(3-11-22)13-25-26-23(28)17-4-5-18-14-27(15-19(18)12-17)21-8-6-20(24)7-9-21/h2-13H,14-15H2,1H3,(H,26,28)/b25-13+. The van der Waals surface area contributed by atoms with Gasteiger partial charge in [0, 0.05) is 29.4 Å². The average Bonchev–Trinajstić information content (AvgIpc) is 3.18. The lowest BCUT2D eigenvalue weighted by atomic mass is 10.1. The Morgan fingerprint density at radius 3 is 2.48 bits per heavy atom. The SMILES string of the molecule is COc1ccc(/C=N/NC(=O)c2ccc3c(c2)CN(c2ccc(Cl)cc2)C3)cc1. The fraction of sp³-hybridized carbons (Fsp3) is 0.130. The Balaban J connectivity index is 1.40. The van der Waals surface area contributed by atoms with Gasteiger partial charge in [-0.3, -0.25) is 4.79 Å². The van der Waals surface area contributed by atoms with E-state index in [1.54, 1.807) is 13.3 Å². The van der Waals surface area contributed by atoms with Crippen LogP contribution in [0.3, 0.4) is 0 Å². The third-order valence-corrected chi connectivity index (χ3v) is 5.13. The van der Waals surface area contributed by atoms with Gasteiger partial charge in [0.1, 0.15) is 5.75 Å². The molecule has 6 heteroatoms. The number of methoxy groups -OCH3 is 1. The maximum absolute atomic E-state index is 12.5. The summed E-state index contributed by atoms with van der Waals surface area (Å²) in [6.07, 6.45) is 1.60. The minimum atomic E-state index is -0.234. The largest absolute Gasteiger partial charge is 0.497 e. The lowest BCUT2D eigenvalue weighted by Gasteiger charge is -2.17. The lowest BCUT2D eigenvalue weighted by molar-refractivity contribution is 0.0955. The highest BCUT2D eigenvalue weighted by atomic mass is 35.5. The maximum Gasteiger partial charge on any atom is 0.271 e. The second-order valence-corrected chi connectivity index (χ2v) is 7.22. The summed E-state index contributed by atoms with van der Waals surface area (Å²) in [4.78, 5) is 14.7. The predicted octanol–water partition coefficient (Wildman–Crippen LogP) is 4.63. The molecule has 5 nitrogen and oxygen atoms in total. The molecule has 4 rings (SSSR count). The van der Waals surface area contributed by atoms with Gasteiger partial charge in [0.15, 0.2) is 0 Å². The van der Waals surface area contributed by atoms with Crippen molar-refractivity contribution >= 4 is 29.4 Å². The first-order valence-electron chi connectivity index (χ1n) is 9.22. The van der Waals surface area contributed by atoms with Crippen LogP contribution >= 0.6 is 11.6 Å². The van der Waals surface area contributed by atoms with Crippen molar-refractivity contribution < 1.29 is 9.53 Å². The number of carbonyl (C=O) groups is 1. The van der Waals surface area contributed by atoms with Crippen LogP contribution in [0, 0.1) is 0 Å². The van der Waals surface area contributed by atoms with Gasteiger partial charge in [0.05, 0.1) is 13.3 Å². The maximum atomic E-state index is 12.5. The molecule has 0 aliphatic carbocycles. The molecule has 3 aromatic rings. The van der Waals surface area contributed by atoms with E-state index in [0.29, 0.717) is 5.56 Å². The summed E-state index contributed by atoms with van der Waals surface area (Å²) in [6, 6.07) is 21.0. The second kappa shape index (κ2) is 8.37. The smallest absolute Gasteiger partial charge is 0.271 e. The fourth-order valence-electron chi connectivity index (χ4n) is 3.29. The van der Waals surface area contributed by atoms with Crippen LogP contribution in [0.5, 0.6) is 5.75 Å². The summed E-state index contributed by atoms with van der Waals surface area (Å²) in [5.74, 6) is 0.541. The summed E-state index contributed by atoms with van der Waals surface area (Å²) >= 11 is 5.98. The molecule has 0 fully saturated rings. The zero-order chi connectivity index (χ0) is 20.2. The van der Waals surface area contributed by atoms with Crippen LogP contribution in [-0.4, -0.2) is 19.2 Å². The van der Waals surface area contributed by atoms with Crippen molar-refractivity contribution in [1.29, 1.82) is 0 Å². The number of amides is 1. The van der Waals surface area contributed by atoms with Crippen LogP contribution in [0.1, 0.15) is 27.0 Å². The summed E-state index contributed by atoms with van der Waals surface area (Å²) in [5.41, 5.74) is 7.53. The summed E-state index contributed by atoms with van der Waals surface area (Å²) in [5, 5.41) is 4.77. The lowest BCUT2D eigenvalue weighted by Crippen LogP contribution is -2.17. The highest BCUT2D eigenvalue weighted by Gasteiger charge is 2.20. The monoisotopic (exact) mass is 405 g/mol. The topological polar surface area (TPSA) is 53.9 Å². The summed E-state index contributed by atoms with van der Waals surface area (Å²) in [6.45, 7) is 1.57. The number of rotatable bonds is 5. The number of halogens is 1. The van der Waals surface area contributed by atoms with E-state index in [-0.39, 0.29) is 5.91 Å². The molecule has 1 heterocycles. The highest BCUT2D eigenvalue weighted by molar-refractivity contribution is 6.30. The van der Waals surface area contributed by atoms with Crippen LogP contribution in [0.2, 0.25) is 5.02 Å². The van der Waals surface area contributed by atoms with Crippen LogP contribution in [0.15, 0.2) is 71.8 Å². The molecule has 1 N–H and O–H groups in total. The Kier molecular flexibility index (Phi) is 5.49. The number of carbonyl (C=O) groups excluding carboxylic acids is 1. The van der Waals surface area contributed by atoms with Crippen molar-refractivity contribution in [3.05, 3.63) is 94.0 Å². The normalized spacial score (nSPS) is 12.8. The molecule has 3 aromatic carbocycles. The first-order valence-corrected chi connectivity index (χ1v) is 9.60. The third kappa shape index (κ3) is 4.41. The van der Waals surface area contributed by atoms with Gasteiger partial charge >= 0.3 is 0 Å². The first kappa shape index (κ1) is 19.0. The first-order chi connectivity index (χ1) is 14.1. The Bertz CT molecular complexity index is 1050. The van der Waals surface area contributed by atoms with E-state index in [1.165, 1.54) is 5.56 Å². The van der Waals surface area contributed by atoms with E-state index in [4.69, 9.17) is 16.3 Å². The van der Waals surface area contributed by atoms with Crippen molar-refractivity contribution in [2.24, 2.45) is 5.10 Å². The number of hydrazone groups is 1. The Labute approximate surface area is 174 Å². The molecule has 0 bridgehead atoms. The Hall–Kier alpha value is -3.31. The van der Waals surface area contributed by atoms with Gasteiger partial charge in [0.25, 0.3) is 5.91 Å². The van der Waals surface area contributed by atoms with Gasteiger partial charge in [-0.2, -0.15) is 5.10 Å². The van der Waals surface area contributed by atoms with Crippen LogP contribution < -0.4 is 15.1 Å². The molecule has 0 unspecified atom stereocenters. The number of nitrogens with zero attached hydrogens (tertiary/aromatic N) is 2. The van der Waals surface area contributed by atoms with Gasteiger partial charge in [-0.1, -0.05) is 17.7 Å². The summed E-state index contributed by atoms with van der Waals surface area (Å²) < 4.78 is 5.12. The van der Waals surface area contributed by atoms with E-state index in [2.05, 4.69) is 15.4 Å². The van der Waals surface area contributed by atoms with Gasteiger partial charge in [-0.25, -0.2) is 5.43 Å². The molecule has 0 radical (unpaired) electrons. The van der Waals surface area contributed by atoms with E-state index in [9.17, 15) is 4.79 Å². The number of ether oxygens (including phenoxy) is 1. The molecule has 146 valence electrons. The number of hydrogen-bond acceptors (Lipinski definition) is 4. The Morgan fingerprint density at radius 1 is 1.03 bits per heavy atom.